The quantitative estimate of drug-likeness (QED) is 0.393. The van der Waals surface area contributed by atoms with Crippen molar-refractivity contribution >= 4 is 29.0 Å². The van der Waals surface area contributed by atoms with Crippen molar-refractivity contribution in [2.45, 2.75) is 26.3 Å². The average Bonchev–Trinajstić information content (AvgIpc) is 3.45. The Hall–Kier alpha value is -4.19. The Balaban J connectivity index is 1.39. The standard InChI is InChI=1S/C26H22F2N6O3S/c1-14(35)32-11-18(12-32)33(15(2)36)23-6-5-21-24(31-23)25-16(7-8-37-21)9-22(38-25)26-29-13-30-34(26)20-4-3-17(27)10-19(20)28/h3-6,9-10,13,18H,7-8,11-12H2,1-2H3. The van der Waals surface area contributed by atoms with Crippen molar-refractivity contribution in [3.8, 4) is 32.7 Å². The van der Waals surface area contributed by atoms with Crippen molar-refractivity contribution in [2.75, 3.05) is 24.6 Å². The molecule has 2 aliphatic rings. The number of halogens is 2. The summed E-state index contributed by atoms with van der Waals surface area (Å²) in [5.74, 6) is -0.134. The highest BCUT2D eigenvalue weighted by Crippen LogP contribution is 2.43. The van der Waals surface area contributed by atoms with Crippen molar-refractivity contribution in [1.29, 1.82) is 0 Å². The van der Waals surface area contributed by atoms with Crippen LogP contribution in [0.2, 0.25) is 0 Å². The molecule has 0 unspecified atom stereocenters. The van der Waals surface area contributed by atoms with E-state index in [1.807, 2.05) is 6.07 Å². The molecule has 0 N–H and O–H groups in total. The van der Waals surface area contributed by atoms with Crippen LogP contribution in [0.15, 0.2) is 42.7 Å². The largest absolute Gasteiger partial charge is 0.491 e. The number of hydrogen-bond donors (Lipinski definition) is 0. The van der Waals surface area contributed by atoms with Gasteiger partial charge in [-0.2, -0.15) is 5.10 Å². The van der Waals surface area contributed by atoms with Gasteiger partial charge in [0.05, 0.1) is 22.4 Å². The highest BCUT2D eigenvalue weighted by Gasteiger charge is 2.36. The van der Waals surface area contributed by atoms with E-state index in [-0.39, 0.29) is 23.5 Å². The predicted molar refractivity (Wildman–Crippen MR) is 136 cm³/mol. The van der Waals surface area contributed by atoms with Gasteiger partial charge in [0, 0.05) is 39.4 Å². The lowest BCUT2D eigenvalue weighted by Gasteiger charge is -2.44. The molecular weight excluding hydrogens is 514 g/mol. The maximum atomic E-state index is 14.5. The Morgan fingerprint density at radius 3 is 2.68 bits per heavy atom. The molecule has 0 radical (unpaired) electrons. The fraction of sp³-hybridized carbons (Fsp3) is 0.269. The van der Waals surface area contributed by atoms with Crippen LogP contribution < -0.4 is 9.64 Å². The summed E-state index contributed by atoms with van der Waals surface area (Å²) in [5, 5.41) is 4.17. The predicted octanol–water partition coefficient (Wildman–Crippen LogP) is 3.85. The normalized spacial score (nSPS) is 14.7. The molecular formula is C26H22F2N6O3S. The van der Waals surface area contributed by atoms with E-state index in [4.69, 9.17) is 9.72 Å². The molecule has 0 bridgehead atoms. The van der Waals surface area contributed by atoms with Gasteiger partial charge in [-0.1, -0.05) is 0 Å². The molecule has 2 aliphatic heterocycles. The first kappa shape index (κ1) is 24.2. The number of carbonyl (C=O) groups excluding carboxylic acids is 2. The van der Waals surface area contributed by atoms with Crippen molar-refractivity contribution in [2.24, 2.45) is 0 Å². The summed E-state index contributed by atoms with van der Waals surface area (Å²) in [6, 6.07) is 8.66. The molecule has 194 valence electrons. The number of carbonyl (C=O) groups is 2. The van der Waals surface area contributed by atoms with E-state index >= 15 is 0 Å². The molecule has 9 nitrogen and oxygen atoms in total. The molecule has 5 heterocycles. The number of rotatable bonds is 4. The monoisotopic (exact) mass is 536 g/mol. The molecule has 2 amide bonds. The number of pyridine rings is 1. The average molecular weight is 537 g/mol. The third-order valence-electron chi connectivity index (χ3n) is 6.66. The lowest BCUT2D eigenvalue weighted by atomic mass is 10.1. The van der Waals surface area contributed by atoms with Gasteiger partial charge < -0.3 is 9.64 Å². The minimum Gasteiger partial charge on any atom is -0.491 e. The smallest absolute Gasteiger partial charge is 0.225 e. The van der Waals surface area contributed by atoms with Crippen LogP contribution in [0, 0.1) is 11.6 Å². The second-order valence-electron chi connectivity index (χ2n) is 9.14. The summed E-state index contributed by atoms with van der Waals surface area (Å²) in [7, 11) is 0. The fourth-order valence-corrected chi connectivity index (χ4v) is 5.95. The lowest BCUT2D eigenvalue weighted by molar-refractivity contribution is -0.134. The first-order valence-corrected chi connectivity index (χ1v) is 12.8. The van der Waals surface area contributed by atoms with Crippen molar-refractivity contribution in [1.82, 2.24) is 24.6 Å². The molecule has 1 fully saturated rings. The van der Waals surface area contributed by atoms with Gasteiger partial charge in [0.1, 0.15) is 35.1 Å². The second-order valence-corrected chi connectivity index (χ2v) is 10.2. The summed E-state index contributed by atoms with van der Waals surface area (Å²) in [5.41, 5.74) is 1.66. The van der Waals surface area contributed by atoms with Crippen LogP contribution in [0.1, 0.15) is 19.4 Å². The minimum atomic E-state index is -0.747. The summed E-state index contributed by atoms with van der Waals surface area (Å²) in [4.78, 5) is 38.3. The van der Waals surface area contributed by atoms with E-state index in [0.29, 0.717) is 49.2 Å². The van der Waals surface area contributed by atoms with E-state index in [1.165, 1.54) is 48.3 Å². The van der Waals surface area contributed by atoms with Crippen LogP contribution in [0.4, 0.5) is 14.6 Å². The Morgan fingerprint density at radius 1 is 1.13 bits per heavy atom. The molecule has 1 saturated heterocycles. The van der Waals surface area contributed by atoms with Crippen LogP contribution in [-0.4, -0.2) is 62.2 Å². The molecule has 1 aromatic carbocycles. The summed E-state index contributed by atoms with van der Waals surface area (Å²) >= 11 is 1.41. The summed E-state index contributed by atoms with van der Waals surface area (Å²) in [6.45, 7) is 4.33. The van der Waals surface area contributed by atoms with Gasteiger partial charge in [-0.15, -0.1) is 11.3 Å². The van der Waals surface area contributed by atoms with Gasteiger partial charge in [0.25, 0.3) is 0 Å². The van der Waals surface area contributed by atoms with E-state index in [0.717, 1.165) is 21.4 Å². The van der Waals surface area contributed by atoms with Crippen LogP contribution in [0.3, 0.4) is 0 Å². The fourth-order valence-electron chi connectivity index (χ4n) is 4.77. The van der Waals surface area contributed by atoms with Crippen molar-refractivity contribution in [3.63, 3.8) is 0 Å². The number of ether oxygens (including phenoxy) is 1. The molecule has 38 heavy (non-hydrogen) atoms. The molecule has 0 spiro atoms. The zero-order valence-corrected chi connectivity index (χ0v) is 21.3. The Morgan fingerprint density at radius 2 is 1.95 bits per heavy atom. The van der Waals surface area contributed by atoms with Crippen LogP contribution in [0.5, 0.6) is 5.75 Å². The number of hydrogen-bond acceptors (Lipinski definition) is 7. The van der Waals surface area contributed by atoms with E-state index < -0.39 is 11.6 Å². The topological polar surface area (TPSA) is 93.5 Å². The maximum absolute atomic E-state index is 14.5. The number of anilines is 1. The molecule has 0 saturated carbocycles. The van der Waals surface area contributed by atoms with Gasteiger partial charge in [0.15, 0.2) is 11.6 Å². The number of aromatic nitrogens is 4. The third-order valence-corrected chi connectivity index (χ3v) is 7.84. The first-order valence-electron chi connectivity index (χ1n) is 12.0. The molecule has 3 aromatic heterocycles. The second kappa shape index (κ2) is 9.28. The SMILES string of the molecule is CC(=O)N1CC(N(C(C)=O)c2ccc3c(n2)-c2sc(-c4ncnn4-c4ccc(F)cc4F)cc2CCO3)C1. The van der Waals surface area contributed by atoms with E-state index in [9.17, 15) is 18.4 Å². The Bertz CT molecular complexity index is 1580. The summed E-state index contributed by atoms with van der Waals surface area (Å²) in [6.07, 6.45) is 1.94. The van der Waals surface area contributed by atoms with Gasteiger partial charge >= 0.3 is 0 Å². The van der Waals surface area contributed by atoms with Gasteiger partial charge in [-0.25, -0.2) is 23.4 Å². The zero-order chi connectivity index (χ0) is 26.6. The zero-order valence-electron chi connectivity index (χ0n) is 20.5. The number of amides is 2. The maximum Gasteiger partial charge on any atom is 0.225 e. The Kier molecular flexibility index (Phi) is 5.90. The summed E-state index contributed by atoms with van der Waals surface area (Å²) < 4.78 is 35.3. The highest BCUT2D eigenvalue weighted by atomic mass is 32.1. The van der Waals surface area contributed by atoms with Gasteiger partial charge in [-0.3, -0.25) is 14.5 Å². The first-order chi connectivity index (χ1) is 18.3. The molecule has 12 heteroatoms. The van der Waals surface area contributed by atoms with Crippen LogP contribution in [-0.2, 0) is 16.0 Å². The molecule has 0 aliphatic carbocycles. The van der Waals surface area contributed by atoms with Crippen molar-refractivity contribution < 1.29 is 23.1 Å². The lowest BCUT2D eigenvalue weighted by Crippen LogP contribution is -2.62. The number of benzene rings is 1. The number of nitrogens with zero attached hydrogens (tertiary/aromatic N) is 6. The Labute approximate surface area is 220 Å². The molecule has 6 rings (SSSR count). The van der Waals surface area contributed by atoms with Crippen molar-refractivity contribution in [3.05, 3.63) is 59.9 Å². The van der Waals surface area contributed by atoms with Crippen LogP contribution >= 0.6 is 11.3 Å². The highest BCUT2D eigenvalue weighted by molar-refractivity contribution is 7.19. The molecule has 4 aromatic rings. The number of likely N-dealkylation sites (tertiary alicyclic amines) is 1. The molecule has 0 atom stereocenters. The third kappa shape index (κ3) is 4.10. The number of thiophene rings is 1. The van der Waals surface area contributed by atoms with Gasteiger partial charge in [-0.05, 0) is 35.9 Å². The van der Waals surface area contributed by atoms with E-state index in [2.05, 4.69) is 10.1 Å². The van der Waals surface area contributed by atoms with Gasteiger partial charge in [0.2, 0.25) is 11.8 Å². The van der Waals surface area contributed by atoms with E-state index in [1.54, 1.807) is 21.9 Å². The number of fused-ring (bicyclic) bond motifs is 3. The minimum absolute atomic E-state index is 0.0304. The van der Waals surface area contributed by atoms with Crippen LogP contribution in [0.25, 0.3) is 27.0 Å².